The van der Waals surface area contributed by atoms with Gasteiger partial charge >= 0.3 is 0 Å². The average molecular weight is 417 g/mol. The molecule has 0 amide bonds. The molecule has 1 aromatic rings. The molecule has 0 fully saturated rings. The second-order valence-electron chi connectivity index (χ2n) is 9.13. The van der Waals surface area contributed by atoms with Gasteiger partial charge in [0.1, 0.15) is 0 Å². The Morgan fingerprint density at radius 1 is 0.533 bits per heavy atom. The SMILES string of the molecule is CCCCCCCCCC(NC)c1ccccc1C(CCCCCCCCC)NC. The van der Waals surface area contributed by atoms with E-state index in [-0.39, 0.29) is 0 Å². The van der Waals surface area contributed by atoms with Crippen LogP contribution in [0.2, 0.25) is 0 Å². The lowest BCUT2D eigenvalue weighted by Crippen LogP contribution is -2.23. The monoisotopic (exact) mass is 416 g/mol. The number of hydrogen-bond donors (Lipinski definition) is 2. The summed E-state index contributed by atoms with van der Waals surface area (Å²) in [5.74, 6) is 0. The fraction of sp³-hybridized carbons (Fsp3) is 0.786. The minimum absolute atomic E-state index is 0.474. The maximum atomic E-state index is 3.62. The summed E-state index contributed by atoms with van der Waals surface area (Å²) < 4.78 is 0. The van der Waals surface area contributed by atoms with Crippen molar-refractivity contribution in [3.05, 3.63) is 35.4 Å². The van der Waals surface area contributed by atoms with Crippen molar-refractivity contribution in [3.63, 3.8) is 0 Å². The van der Waals surface area contributed by atoms with Crippen LogP contribution in [-0.2, 0) is 0 Å². The summed E-state index contributed by atoms with van der Waals surface area (Å²) in [4.78, 5) is 0. The van der Waals surface area contributed by atoms with E-state index in [1.165, 1.54) is 114 Å². The van der Waals surface area contributed by atoms with Gasteiger partial charge in [0.05, 0.1) is 0 Å². The van der Waals surface area contributed by atoms with E-state index in [4.69, 9.17) is 0 Å². The van der Waals surface area contributed by atoms with Crippen LogP contribution in [-0.4, -0.2) is 14.1 Å². The molecule has 0 bridgehead atoms. The first kappa shape index (κ1) is 27.2. The third-order valence-corrected chi connectivity index (χ3v) is 6.64. The van der Waals surface area contributed by atoms with Gasteiger partial charge in [-0.2, -0.15) is 0 Å². The fourth-order valence-electron chi connectivity index (χ4n) is 4.67. The van der Waals surface area contributed by atoms with Crippen LogP contribution in [0, 0.1) is 0 Å². The van der Waals surface area contributed by atoms with Crippen LogP contribution in [0.1, 0.15) is 140 Å². The summed E-state index contributed by atoms with van der Waals surface area (Å²) in [6.07, 6.45) is 21.8. The molecule has 1 rings (SSSR count). The normalized spacial score (nSPS) is 13.5. The Kier molecular flexibility index (Phi) is 17.1. The number of nitrogens with one attached hydrogen (secondary N) is 2. The molecule has 0 radical (unpaired) electrons. The van der Waals surface area contributed by atoms with Gasteiger partial charge in [-0.1, -0.05) is 128 Å². The molecule has 1 aromatic carbocycles. The quantitative estimate of drug-likeness (QED) is 0.208. The molecule has 0 saturated carbocycles. The molecule has 0 aliphatic carbocycles. The highest BCUT2D eigenvalue weighted by molar-refractivity contribution is 5.32. The van der Waals surface area contributed by atoms with Gasteiger partial charge in [0, 0.05) is 12.1 Å². The molecule has 0 aliphatic rings. The average Bonchev–Trinajstić information content (AvgIpc) is 2.78. The third-order valence-electron chi connectivity index (χ3n) is 6.64. The molecule has 2 atom stereocenters. The minimum atomic E-state index is 0.474. The van der Waals surface area contributed by atoms with Gasteiger partial charge in [-0.15, -0.1) is 0 Å². The molecule has 30 heavy (non-hydrogen) atoms. The third kappa shape index (κ3) is 11.5. The van der Waals surface area contributed by atoms with Crippen LogP contribution >= 0.6 is 0 Å². The molecule has 174 valence electrons. The predicted octanol–water partition coefficient (Wildman–Crippen LogP) is 8.49. The molecule has 0 spiro atoms. The molecular weight excluding hydrogens is 364 g/mol. The van der Waals surface area contributed by atoms with E-state index in [1.54, 1.807) is 0 Å². The minimum Gasteiger partial charge on any atom is -0.313 e. The number of unbranched alkanes of at least 4 members (excludes halogenated alkanes) is 12. The highest BCUT2D eigenvalue weighted by Crippen LogP contribution is 2.30. The standard InChI is InChI=1S/C28H52N2/c1-5-7-9-11-13-15-17-23-27(29-3)25-21-19-20-22-26(25)28(30-4)24-18-16-14-12-10-8-6-2/h19-22,27-30H,5-18,23-24H2,1-4H3. The largest absolute Gasteiger partial charge is 0.313 e. The lowest BCUT2D eigenvalue weighted by molar-refractivity contribution is 0.468. The Labute approximate surface area is 189 Å². The zero-order valence-electron chi connectivity index (χ0n) is 20.8. The first-order valence-corrected chi connectivity index (χ1v) is 13.2. The fourth-order valence-corrected chi connectivity index (χ4v) is 4.67. The van der Waals surface area contributed by atoms with Crippen molar-refractivity contribution in [2.24, 2.45) is 0 Å². The van der Waals surface area contributed by atoms with E-state index >= 15 is 0 Å². The molecule has 2 heteroatoms. The van der Waals surface area contributed by atoms with Crippen molar-refractivity contribution in [1.82, 2.24) is 10.6 Å². The van der Waals surface area contributed by atoms with Crippen LogP contribution in [0.15, 0.2) is 24.3 Å². The molecule has 2 unspecified atom stereocenters. The van der Waals surface area contributed by atoms with Gasteiger partial charge in [-0.05, 0) is 38.1 Å². The van der Waals surface area contributed by atoms with Crippen molar-refractivity contribution in [1.29, 1.82) is 0 Å². The Balaban J connectivity index is 2.51. The molecule has 2 N–H and O–H groups in total. The molecule has 0 aliphatic heterocycles. The van der Waals surface area contributed by atoms with Crippen molar-refractivity contribution in [2.75, 3.05) is 14.1 Å². The van der Waals surface area contributed by atoms with Gasteiger partial charge in [0.25, 0.3) is 0 Å². The zero-order chi connectivity index (χ0) is 21.9. The van der Waals surface area contributed by atoms with E-state index in [2.05, 4.69) is 62.8 Å². The second kappa shape index (κ2) is 18.9. The summed E-state index contributed by atoms with van der Waals surface area (Å²) in [5, 5.41) is 7.23. The first-order chi connectivity index (χ1) is 14.8. The van der Waals surface area contributed by atoms with Gasteiger partial charge in [-0.3, -0.25) is 0 Å². The lowest BCUT2D eigenvalue weighted by Gasteiger charge is -2.25. The number of benzene rings is 1. The van der Waals surface area contributed by atoms with E-state index in [1.807, 2.05) is 0 Å². The van der Waals surface area contributed by atoms with E-state index in [0.717, 1.165) is 0 Å². The van der Waals surface area contributed by atoms with E-state index in [0.29, 0.717) is 12.1 Å². The van der Waals surface area contributed by atoms with Crippen molar-refractivity contribution in [3.8, 4) is 0 Å². The Bertz CT molecular complexity index is 454. The van der Waals surface area contributed by atoms with Crippen molar-refractivity contribution in [2.45, 2.75) is 129 Å². The predicted molar refractivity (Wildman–Crippen MR) is 135 cm³/mol. The van der Waals surface area contributed by atoms with Gasteiger partial charge < -0.3 is 10.6 Å². The summed E-state index contributed by atoms with van der Waals surface area (Å²) in [6, 6.07) is 10.1. The number of hydrogen-bond acceptors (Lipinski definition) is 2. The zero-order valence-corrected chi connectivity index (χ0v) is 20.8. The first-order valence-electron chi connectivity index (χ1n) is 13.2. The van der Waals surface area contributed by atoms with Crippen LogP contribution in [0.5, 0.6) is 0 Å². The van der Waals surface area contributed by atoms with Gasteiger partial charge in [0.2, 0.25) is 0 Å². The van der Waals surface area contributed by atoms with Crippen LogP contribution < -0.4 is 10.6 Å². The summed E-state index contributed by atoms with van der Waals surface area (Å²) in [6.45, 7) is 4.59. The Hall–Kier alpha value is -0.860. The Morgan fingerprint density at radius 3 is 1.20 bits per heavy atom. The maximum absolute atomic E-state index is 3.62. The van der Waals surface area contributed by atoms with Crippen molar-refractivity contribution < 1.29 is 0 Å². The molecule has 2 nitrogen and oxygen atoms in total. The maximum Gasteiger partial charge on any atom is 0.0320 e. The molecule has 0 aromatic heterocycles. The van der Waals surface area contributed by atoms with E-state index in [9.17, 15) is 0 Å². The van der Waals surface area contributed by atoms with Crippen LogP contribution in [0.3, 0.4) is 0 Å². The highest BCUT2D eigenvalue weighted by atomic mass is 14.9. The lowest BCUT2D eigenvalue weighted by atomic mass is 9.90. The molecule has 0 saturated heterocycles. The van der Waals surface area contributed by atoms with Crippen molar-refractivity contribution >= 4 is 0 Å². The Morgan fingerprint density at radius 2 is 0.867 bits per heavy atom. The number of rotatable bonds is 20. The molecule has 0 heterocycles. The topological polar surface area (TPSA) is 24.1 Å². The van der Waals surface area contributed by atoms with Crippen LogP contribution in [0.4, 0.5) is 0 Å². The summed E-state index contributed by atoms with van der Waals surface area (Å²) in [7, 11) is 4.26. The van der Waals surface area contributed by atoms with E-state index < -0.39 is 0 Å². The smallest absolute Gasteiger partial charge is 0.0320 e. The van der Waals surface area contributed by atoms with Gasteiger partial charge in [0.15, 0.2) is 0 Å². The van der Waals surface area contributed by atoms with Crippen LogP contribution in [0.25, 0.3) is 0 Å². The van der Waals surface area contributed by atoms with Gasteiger partial charge in [-0.25, -0.2) is 0 Å². The second-order valence-corrected chi connectivity index (χ2v) is 9.13. The summed E-state index contributed by atoms with van der Waals surface area (Å²) in [5.41, 5.74) is 3.02. The highest BCUT2D eigenvalue weighted by Gasteiger charge is 2.18. The summed E-state index contributed by atoms with van der Waals surface area (Å²) >= 11 is 0. The molecular formula is C28H52N2.